The highest BCUT2D eigenvalue weighted by Gasteiger charge is 2.20. The van der Waals surface area contributed by atoms with Crippen molar-refractivity contribution in [2.45, 2.75) is 0 Å². The molecule has 0 heterocycles. The summed E-state index contributed by atoms with van der Waals surface area (Å²) >= 11 is 0. The van der Waals surface area contributed by atoms with Crippen molar-refractivity contribution in [3.8, 4) is 11.5 Å². The van der Waals surface area contributed by atoms with Gasteiger partial charge < -0.3 is 20.4 Å². The zero-order valence-electron chi connectivity index (χ0n) is 10.3. The fourth-order valence-electron chi connectivity index (χ4n) is 1.68. The highest BCUT2D eigenvalue weighted by Crippen LogP contribution is 2.33. The molecule has 0 aromatic heterocycles. The molecule has 102 valence electrons. The largest absolute Gasteiger partial charge is 0.504 e. The lowest BCUT2D eigenvalue weighted by Gasteiger charge is -2.07. The van der Waals surface area contributed by atoms with Gasteiger partial charge in [0.2, 0.25) is 11.5 Å². The molecule has 2 rings (SSSR count). The van der Waals surface area contributed by atoms with Crippen LogP contribution in [0.15, 0.2) is 54.3 Å². The number of aliphatic hydroxyl groups is 2. The summed E-state index contributed by atoms with van der Waals surface area (Å²) in [5.41, 5.74) is -0.0389. The van der Waals surface area contributed by atoms with Crippen LogP contribution in [0.3, 0.4) is 0 Å². The Hall–Kier alpha value is -2.95. The van der Waals surface area contributed by atoms with E-state index in [0.29, 0.717) is 0 Å². The molecule has 0 aliphatic rings. The van der Waals surface area contributed by atoms with Crippen molar-refractivity contribution in [2.75, 3.05) is 0 Å². The van der Waals surface area contributed by atoms with Gasteiger partial charge in [0.1, 0.15) is 0 Å². The van der Waals surface area contributed by atoms with Crippen molar-refractivity contribution in [1.82, 2.24) is 0 Å². The van der Waals surface area contributed by atoms with Crippen LogP contribution in [-0.4, -0.2) is 26.2 Å². The normalized spacial score (nSPS) is 11.8. The van der Waals surface area contributed by atoms with Gasteiger partial charge in [0.05, 0.1) is 5.56 Å². The number of carbonyl (C=O) groups is 1. The van der Waals surface area contributed by atoms with E-state index < -0.39 is 28.8 Å². The Kier molecular flexibility index (Phi) is 3.61. The van der Waals surface area contributed by atoms with Crippen molar-refractivity contribution < 1.29 is 25.2 Å². The number of carbonyl (C=O) groups excluding carboxylic acids is 1. The Morgan fingerprint density at radius 1 is 0.850 bits per heavy atom. The van der Waals surface area contributed by atoms with Gasteiger partial charge in [-0.2, -0.15) is 0 Å². The number of rotatable bonds is 3. The number of aromatic hydroxyl groups is 2. The molecule has 0 radical (unpaired) electrons. The molecule has 0 atom stereocenters. The van der Waals surface area contributed by atoms with E-state index in [1.165, 1.54) is 30.3 Å². The van der Waals surface area contributed by atoms with E-state index in [4.69, 9.17) is 0 Å². The van der Waals surface area contributed by atoms with Gasteiger partial charge in [0.25, 0.3) is 0 Å². The SMILES string of the molecule is O=C(C(O)=C(O)c1cccc(O)c1O)c1ccccc1. The highest BCUT2D eigenvalue weighted by molar-refractivity contribution is 6.10. The van der Waals surface area contributed by atoms with E-state index >= 15 is 0 Å². The first-order chi connectivity index (χ1) is 9.52. The summed E-state index contributed by atoms with van der Waals surface area (Å²) in [6.45, 7) is 0. The maximum Gasteiger partial charge on any atom is 0.231 e. The van der Waals surface area contributed by atoms with Crippen LogP contribution in [-0.2, 0) is 0 Å². The monoisotopic (exact) mass is 272 g/mol. The van der Waals surface area contributed by atoms with Crippen LogP contribution in [0.25, 0.3) is 5.76 Å². The molecule has 0 aliphatic carbocycles. The first-order valence-electron chi connectivity index (χ1n) is 5.75. The molecule has 0 aliphatic heterocycles. The van der Waals surface area contributed by atoms with E-state index in [-0.39, 0.29) is 11.1 Å². The quantitative estimate of drug-likeness (QED) is 0.298. The maximum atomic E-state index is 11.9. The summed E-state index contributed by atoms with van der Waals surface area (Å²) < 4.78 is 0. The van der Waals surface area contributed by atoms with Crippen molar-refractivity contribution in [2.24, 2.45) is 0 Å². The van der Waals surface area contributed by atoms with Gasteiger partial charge in [-0.1, -0.05) is 36.4 Å². The molecule has 5 heteroatoms. The van der Waals surface area contributed by atoms with E-state index in [1.54, 1.807) is 18.2 Å². The van der Waals surface area contributed by atoms with Gasteiger partial charge in [-0.15, -0.1) is 0 Å². The zero-order chi connectivity index (χ0) is 14.7. The molecule has 0 unspecified atom stereocenters. The van der Waals surface area contributed by atoms with E-state index in [1.807, 2.05) is 0 Å². The van der Waals surface area contributed by atoms with Gasteiger partial charge in [-0.3, -0.25) is 4.79 Å². The molecular formula is C15H12O5. The first kappa shape index (κ1) is 13.5. The maximum absolute atomic E-state index is 11.9. The summed E-state index contributed by atoms with van der Waals surface area (Å²) in [6.07, 6.45) is 0. The average Bonchev–Trinajstić information content (AvgIpc) is 2.48. The number of ketones is 1. The molecular weight excluding hydrogens is 260 g/mol. The second-order valence-corrected chi connectivity index (χ2v) is 4.07. The third-order valence-corrected chi connectivity index (χ3v) is 2.75. The minimum Gasteiger partial charge on any atom is -0.504 e. The number of allylic oxidation sites excluding steroid dienone is 1. The Morgan fingerprint density at radius 2 is 1.50 bits per heavy atom. The van der Waals surface area contributed by atoms with Crippen LogP contribution in [0.4, 0.5) is 0 Å². The Morgan fingerprint density at radius 3 is 2.15 bits per heavy atom. The lowest BCUT2D eigenvalue weighted by atomic mass is 10.1. The number of hydrogen-bond acceptors (Lipinski definition) is 5. The van der Waals surface area contributed by atoms with Crippen LogP contribution in [0.2, 0.25) is 0 Å². The summed E-state index contributed by atoms with van der Waals surface area (Å²) in [5.74, 6) is -3.57. The third-order valence-electron chi connectivity index (χ3n) is 2.75. The summed E-state index contributed by atoms with van der Waals surface area (Å²) in [4.78, 5) is 11.9. The Bertz CT molecular complexity index is 674. The summed E-state index contributed by atoms with van der Waals surface area (Å²) in [6, 6.07) is 11.7. The lowest BCUT2D eigenvalue weighted by molar-refractivity contribution is 0.0975. The van der Waals surface area contributed by atoms with E-state index in [0.717, 1.165) is 0 Å². The molecule has 0 fully saturated rings. The van der Waals surface area contributed by atoms with Gasteiger partial charge in [-0.25, -0.2) is 0 Å². The predicted molar refractivity (Wildman–Crippen MR) is 72.7 cm³/mol. The van der Waals surface area contributed by atoms with Gasteiger partial charge in [0.15, 0.2) is 17.3 Å². The Labute approximate surface area is 114 Å². The minimum absolute atomic E-state index is 0.191. The zero-order valence-corrected chi connectivity index (χ0v) is 10.3. The molecule has 4 N–H and O–H groups in total. The molecule has 2 aromatic carbocycles. The van der Waals surface area contributed by atoms with Crippen molar-refractivity contribution in [1.29, 1.82) is 0 Å². The predicted octanol–water partition coefficient (Wildman–Crippen LogP) is 2.77. The van der Waals surface area contributed by atoms with Crippen molar-refractivity contribution in [3.05, 3.63) is 65.4 Å². The third kappa shape index (κ3) is 2.42. The molecule has 0 spiro atoms. The fourth-order valence-corrected chi connectivity index (χ4v) is 1.68. The number of hydrogen-bond donors (Lipinski definition) is 4. The first-order valence-corrected chi connectivity index (χ1v) is 5.75. The highest BCUT2D eigenvalue weighted by atomic mass is 16.3. The molecule has 0 saturated carbocycles. The van der Waals surface area contributed by atoms with Gasteiger partial charge in [0, 0.05) is 5.56 Å². The van der Waals surface area contributed by atoms with Crippen LogP contribution < -0.4 is 0 Å². The number of Topliss-reactive ketones (excluding diaryl/α,β-unsaturated/α-hetero) is 1. The van der Waals surface area contributed by atoms with E-state index in [9.17, 15) is 25.2 Å². The molecule has 2 aromatic rings. The van der Waals surface area contributed by atoms with Crippen molar-refractivity contribution >= 4 is 11.5 Å². The van der Waals surface area contributed by atoms with Crippen LogP contribution in [0.5, 0.6) is 11.5 Å². The number of phenolic OH excluding ortho intramolecular Hbond substituents is 2. The number of aliphatic hydroxyl groups excluding tert-OH is 2. The van der Waals surface area contributed by atoms with Crippen LogP contribution in [0, 0.1) is 0 Å². The molecule has 0 saturated heterocycles. The lowest BCUT2D eigenvalue weighted by Crippen LogP contribution is -2.06. The Balaban J connectivity index is 2.46. The smallest absolute Gasteiger partial charge is 0.231 e. The minimum atomic E-state index is -0.905. The van der Waals surface area contributed by atoms with Crippen molar-refractivity contribution in [3.63, 3.8) is 0 Å². The number of para-hydroxylation sites is 1. The molecule has 0 bridgehead atoms. The average molecular weight is 272 g/mol. The second kappa shape index (κ2) is 5.36. The molecule has 0 amide bonds. The van der Waals surface area contributed by atoms with Gasteiger partial charge in [-0.05, 0) is 12.1 Å². The summed E-state index contributed by atoms with van der Waals surface area (Å²) in [7, 11) is 0. The number of phenols is 2. The van der Waals surface area contributed by atoms with Crippen LogP contribution >= 0.6 is 0 Å². The molecule has 5 nitrogen and oxygen atoms in total. The topological polar surface area (TPSA) is 98.0 Å². The standard InChI is InChI=1S/C15H12O5/c16-11-8-4-7-10(13(11)18)14(19)15(20)12(17)9-5-2-1-3-6-9/h1-8,16,18-20H. The van der Waals surface area contributed by atoms with Crippen LogP contribution in [0.1, 0.15) is 15.9 Å². The van der Waals surface area contributed by atoms with E-state index in [2.05, 4.69) is 0 Å². The fraction of sp³-hybridized carbons (Fsp3) is 0. The summed E-state index contributed by atoms with van der Waals surface area (Å²) in [5, 5.41) is 38.6. The second-order valence-electron chi connectivity index (χ2n) is 4.07. The van der Waals surface area contributed by atoms with Gasteiger partial charge >= 0.3 is 0 Å². The molecule has 20 heavy (non-hydrogen) atoms. The number of benzene rings is 2.